The minimum absolute atomic E-state index is 0. The molecule has 0 bridgehead atoms. The molecule has 4 nitrogen and oxygen atoms in total. The Morgan fingerprint density at radius 3 is 2.22 bits per heavy atom. The Morgan fingerprint density at radius 1 is 1.15 bits per heavy atom. The van der Waals surface area contributed by atoms with Gasteiger partial charge in [-0.2, -0.15) is 0 Å². The van der Waals surface area contributed by atoms with Gasteiger partial charge in [0.05, 0.1) is 0 Å². The number of halogens is 3. The smallest absolute Gasteiger partial charge is 0.303 e. The number of aliphatic carboxylic acids is 1. The highest BCUT2D eigenvalue weighted by Gasteiger charge is 2.18. The van der Waals surface area contributed by atoms with Gasteiger partial charge in [0.15, 0.2) is 0 Å². The van der Waals surface area contributed by atoms with Crippen LogP contribution in [0.2, 0.25) is 0 Å². The molecule has 156 valence electrons. The maximum atomic E-state index is 10.9. The summed E-state index contributed by atoms with van der Waals surface area (Å²) in [5, 5.41) is 8.93. The number of nitrogens with zero attached hydrogens (tertiary/aromatic N) is 2. The van der Waals surface area contributed by atoms with E-state index in [1.54, 1.807) is 0 Å². The lowest BCUT2D eigenvalue weighted by molar-refractivity contribution is -0.137. The van der Waals surface area contributed by atoms with Crippen LogP contribution in [0, 0.1) is 0 Å². The van der Waals surface area contributed by atoms with Crippen molar-refractivity contribution in [1.82, 2.24) is 4.90 Å². The molecule has 1 rings (SSSR count). The van der Waals surface area contributed by atoms with E-state index in [1.807, 2.05) is 0 Å². The van der Waals surface area contributed by atoms with Crippen molar-refractivity contribution in [3.8, 4) is 0 Å². The molecular weight excluding hydrogens is 407 g/mol. The second-order valence-electron chi connectivity index (χ2n) is 6.39. The molecule has 27 heavy (non-hydrogen) atoms. The van der Waals surface area contributed by atoms with Crippen LogP contribution in [0.5, 0.6) is 0 Å². The Morgan fingerprint density at radius 2 is 1.74 bits per heavy atom. The Labute approximate surface area is 180 Å². The normalized spacial score (nSPS) is 11.9. The van der Waals surface area contributed by atoms with E-state index in [0.717, 1.165) is 38.3 Å². The van der Waals surface area contributed by atoms with Gasteiger partial charge >= 0.3 is 5.97 Å². The number of anilines is 1. The SMILES string of the molecule is CCN(CC)C(C)c1cc(N(CCCl)CCCl)ccc1CCCC(=O)O.Cl. The van der Waals surface area contributed by atoms with Crippen molar-refractivity contribution in [1.29, 1.82) is 0 Å². The molecule has 1 N–H and O–H groups in total. The van der Waals surface area contributed by atoms with Crippen molar-refractivity contribution in [3.05, 3.63) is 29.3 Å². The molecule has 1 aromatic rings. The Balaban J connectivity index is 0.00000676. The van der Waals surface area contributed by atoms with Gasteiger partial charge in [0.25, 0.3) is 0 Å². The molecule has 1 aromatic carbocycles. The topological polar surface area (TPSA) is 43.8 Å². The molecule has 1 atom stereocenters. The highest BCUT2D eigenvalue weighted by Crippen LogP contribution is 2.29. The van der Waals surface area contributed by atoms with Crippen molar-refractivity contribution in [3.63, 3.8) is 0 Å². The molecule has 0 amide bonds. The first-order valence-corrected chi connectivity index (χ1v) is 10.5. The fourth-order valence-corrected chi connectivity index (χ4v) is 3.78. The first-order valence-electron chi connectivity index (χ1n) is 9.43. The number of benzene rings is 1. The van der Waals surface area contributed by atoms with Gasteiger partial charge in [-0.25, -0.2) is 0 Å². The zero-order valence-electron chi connectivity index (χ0n) is 16.6. The molecular formula is C20H33Cl3N2O2. The molecule has 0 saturated carbocycles. The summed E-state index contributed by atoms with van der Waals surface area (Å²) in [5.41, 5.74) is 3.62. The summed E-state index contributed by atoms with van der Waals surface area (Å²) in [6.07, 6.45) is 1.63. The van der Waals surface area contributed by atoms with E-state index in [4.69, 9.17) is 28.3 Å². The van der Waals surface area contributed by atoms with Crippen molar-refractivity contribution >= 4 is 47.3 Å². The highest BCUT2D eigenvalue weighted by molar-refractivity contribution is 6.18. The summed E-state index contributed by atoms with van der Waals surface area (Å²) in [4.78, 5) is 15.5. The average Bonchev–Trinajstić information content (AvgIpc) is 2.62. The third-order valence-corrected chi connectivity index (χ3v) is 5.19. The molecule has 0 saturated heterocycles. The zero-order chi connectivity index (χ0) is 19.5. The second kappa shape index (κ2) is 14.3. The van der Waals surface area contributed by atoms with E-state index >= 15 is 0 Å². The maximum Gasteiger partial charge on any atom is 0.303 e. The number of rotatable bonds is 13. The van der Waals surface area contributed by atoms with Gasteiger partial charge < -0.3 is 10.0 Å². The molecule has 0 radical (unpaired) electrons. The minimum atomic E-state index is -0.740. The molecule has 1 unspecified atom stereocenters. The van der Waals surface area contributed by atoms with Crippen LogP contribution >= 0.6 is 35.6 Å². The fraction of sp³-hybridized carbons (Fsp3) is 0.650. The number of carboxylic acids is 1. The standard InChI is InChI=1S/C20H32Cl2N2O2.ClH/c1-4-23(5-2)16(3)19-15-18(24(13-11-21)14-12-22)10-9-17(19)7-6-8-20(25)26;/h9-10,15-16H,4-8,11-14H2,1-3H3,(H,25,26);1H. The number of carboxylic acid groups (broad SMARTS) is 1. The number of aryl methyl sites for hydroxylation is 1. The van der Waals surface area contributed by atoms with Crippen molar-refractivity contribution < 1.29 is 9.90 Å². The highest BCUT2D eigenvalue weighted by atomic mass is 35.5. The van der Waals surface area contributed by atoms with Crippen LogP contribution in [0.3, 0.4) is 0 Å². The van der Waals surface area contributed by atoms with E-state index in [9.17, 15) is 4.79 Å². The zero-order valence-corrected chi connectivity index (χ0v) is 18.9. The fourth-order valence-electron chi connectivity index (χ4n) is 3.37. The van der Waals surface area contributed by atoms with E-state index in [1.165, 1.54) is 11.1 Å². The van der Waals surface area contributed by atoms with E-state index in [0.29, 0.717) is 18.2 Å². The Kier molecular flexibility index (Phi) is 14.0. The third kappa shape index (κ3) is 8.47. The summed E-state index contributed by atoms with van der Waals surface area (Å²) in [7, 11) is 0. The largest absolute Gasteiger partial charge is 0.481 e. The van der Waals surface area contributed by atoms with Gasteiger partial charge in [-0.3, -0.25) is 9.69 Å². The van der Waals surface area contributed by atoms with Gasteiger partial charge in [-0.05, 0) is 56.1 Å². The molecule has 7 heteroatoms. The van der Waals surface area contributed by atoms with Gasteiger partial charge in [0, 0.05) is 43.0 Å². The molecule has 0 fully saturated rings. The predicted molar refractivity (Wildman–Crippen MR) is 119 cm³/mol. The molecule has 0 aromatic heterocycles. The summed E-state index contributed by atoms with van der Waals surface area (Å²) in [5.74, 6) is 0.367. The Bertz CT molecular complexity index is 548. The Hall–Kier alpha value is -0.680. The number of alkyl halides is 2. The van der Waals surface area contributed by atoms with Crippen molar-refractivity contribution in [2.75, 3.05) is 42.8 Å². The minimum Gasteiger partial charge on any atom is -0.481 e. The van der Waals surface area contributed by atoms with Gasteiger partial charge in [0.1, 0.15) is 0 Å². The van der Waals surface area contributed by atoms with Crippen LogP contribution in [0.4, 0.5) is 5.69 Å². The predicted octanol–water partition coefficient (Wildman–Crippen LogP) is 5.20. The first-order chi connectivity index (χ1) is 12.5. The first kappa shape index (κ1) is 26.3. The molecule has 0 aliphatic rings. The van der Waals surface area contributed by atoms with Crippen molar-refractivity contribution in [2.45, 2.75) is 46.1 Å². The van der Waals surface area contributed by atoms with Crippen molar-refractivity contribution in [2.24, 2.45) is 0 Å². The molecule has 0 aliphatic carbocycles. The summed E-state index contributed by atoms with van der Waals surface area (Å²) in [6, 6.07) is 6.76. The molecule has 0 aliphatic heterocycles. The van der Waals surface area contributed by atoms with Crippen LogP contribution in [-0.4, -0.2) is 53.9 Å². The summed E-state index contributed by atoms with van der Waals surface area (Å²) in [6.45, 7) is 10.0. The van der Waals surface area contributed by atoms with Gasteiger partial charge in [-0.15, -0.1) is 35.6 Å². The number of carbonyl (C=O) groups is 1. The van der Waals surface area contributed by atoms with Gasteiger partial charge in [-0.1, -0.05) is 19.9 Å². The quantitative estimate of drug-likeness (QED) is 0.429. The molecule has 0 spiro atoms. The second-order valence-corrected chi connectivity index (χ2v) is 7.15. The summed E-state index contributed by atoms with van der Waals surface area (Å²) < 4.78 is 0. The van der Waals surface area contributed by atoms with E-state index in [2.05, 4.69) is 48.8 Å². The average molecular weight is 440 g/mol. The lowest BCUT2D eigenvalue weighted by Gasteiger charge is -2.30. The molecule has 0 heterocycles. The van der Waals surface area contributed by atoms with E-state index < -0.39 is 5.97 Å². The van der Waals surface area contributed by atoms with Crippen LogP contribution < -0.4 is 4.90 Å². The monoisotopic (exact) mass is 438 g/mol. The van der Waals surface area contributed by atoms with Crippen LogP contribution in [-0.2, 0) is 11.2 Å². The number of hydrogen-bond acceptors (Lipinski definition) is 3. The maximum absolute atomic E-state index is 10.9. The summed E-state index contributed by atoms with van der Waals surface area (Å²) >= 11 is 11.9. The van der Waals surface area contributed by atoms with Crippen LogP contribution in [0.1, 0.15) is 50.8 Å². The lowest BCUT2D eigenvalue weighted by atomic mass is 9.95. The number of hydrogen-bond donors (Lipinski definition) is 1. The van der Waals surface area contributed by atoms with Crippen LogP contribution in [0.15, 0.2) is 18.2 Å². The lowest BCUT2D eigenvalue weighted by Crippen LogP contribution is -2.29. The van der Waals surface area contributed by atoms with Crippen LogP contribution in [0.25, 0.3) is 0 Å². The van der Waals surface area contributed by atoms with Gasteiger partial charge in [0.2, 0.25) is 0 Å². The van der Waals surface area contributed by atoms with E-state index in [-0.39, 0.29) is 24.9 Å². The third-order valence-electron chi connectivity index (χ3n) is 4.85.